The van der Waals surface area contributed by atoms with E-state index in [1.54, 1.807) is 18.2 Å². The summed E-state index contributed by atoms with van der Waals surface area (Å²) in [7, 11) is 0. The number of phenolic OH excluding ortho intramolecular Hbond substituents is 1. The minimum Gasteiger partial charge on any atom is -0.507 e. The molecule has 26 heavy (non-hydrogen) atoms. The van der Waals surface area contributed by atoms with Crippen molar-refractivity contribution in [3.8, 4) is 16.3 Å². The monoisotopic (exact) mass is 368 g/mol. The third-order valence-corrected chi connectivity index (χ3v) is 5.38. The van der Waals surface area contributed by atoms with Crippen molar-refractivity contribution >= 4 is 33.1 Å². The molecule has 3 rings (SSSR count). The molecule has 5 heteroatoms. The molecule has 0 aliphatic carbocycles. The van der Waals surface area contributed by atoms with Crippen LogP contribution in [0.5, 0.6) is 5.75 Å². The zero-order valence-electron chi connectivity index (χ0n) is 15.0. The fourth-order valence-electron chi connectivity index (χ4n) is 2.89. The molecule has 0 aliphatic rings. The minimum atomic E-state index is 0.0161. The van der Waals surface area contributed by atoms with E-state index in [0.29, 0.717) is 17.7 Å². The van der Waals surface area contributed by atoms with E-state index in [2.05, 4.69) is 17.2 Å². The van der Waals surface area contributed by atoms with E-state index in [-0.39, 0.29) is 11.7 Å². The van der Waals surface area contributed by atoms with Crippen molar-refractivity contribution in [1.82, 2.24) is 4.98 Å². The molecule has 4 nitrogen and oxygen atoms in total. The quantitative estimate of drug-likeness (QED) is 0.380. The van der Waals surface area contributed by atoms with Gasteiger partial charge in [-0.25, -0.2) is 4.98 Å². The number of hydrogen-bond donors (Lipinski definition) is 2. The molecular formula is C21H24N2O2S. The highest BCUT2D eigenvalue weighted by Gasteiger charge is 2.12. The number of aromatic hydroxyl groups is 1. The molecule has 0 radical (unpaired) electrons. The van der Waals surface area contributed by atoms with Crippen LogP contribution in [0, 0.1) is 0 Å². The molecule has 2 N–H and O–H groups in total. The standard InChI is InChI=1S/C21H24N2O2S/c1-2-3-4-5-6-11-20(25)22-15-12-13-18(24)16(14-15)21-23-17-9-7-8-10-19(17)26-21/h7-10,12-14,24H,2-6,11H2,1H3,(H,22,25). The molecular weight excluding hydrogens is 344 g/mol. The van der Waals surface area contributed by atoms with Gasteiger partial charge in [0.1, 0.15) is 10.8 Å². The normalized spacial score (nSPS) is 11.0. The zero-order valence-corrected chi connectivity index (χ0v) is 15.8. The van der Waals surface area contributed by atoms with Crippen LogP contribution in [0.15, 0.2) is 42.5 Å². The number of thiazole rings is 1. The molecule has 0 saturated heterocycles. The Bertz CT molecular complexity index is 856. The summed E-state index contributed by atoms with van der Waals surface area (Å²) in [5.41, 5.74) is 2.25. The molecule has 0 bridgehead atoms. The van der Waals surface area contributed by atoms with Crippen LogP contribution < -0.4 is 5.32 Å². The average Bonchev–Trinajstić information content (AvgIpc) is 3.07. The molecule has 0 spiro atoms. The van der Waals surface area contributed by atoms with Crippen molar-refractivity contribution < 1.29 is 9.90 Å². The van der Waals surface area contributed by atoms with Gasteiger partial charge in [-0.3, -0.25) is 4.79 Å². The topological polar surface area (TPSA) is 62.2 Å². The maximum absolute atomic E-state index is 12.1. The number of fused-ring (bicyclic) bond motifs is 1. The number of rotatable bonds is 8. The van der Waals surface area contributed by atoms with E-state index in [0.717, 1.165) is 28.1 Å². The van der Waals surface area contributed by atoms with Gasteiger partial charge in [0.05, 0.1) is 15.8 Å². The molecule has 0 saturated carbocycles. The Kier molecular flexibility index (Phi) is 6.23. The van der Waals surface area contributed by atoms with Gasteiger partial charge in [-0.15, -0.1) is 11.3 Å². The van der Waals surface area contributed by atoms with E-state index in [1.807, 2.05) is 24.3 Å². The SMILES string of the molecule is CCCCCCCC(=O)Nc1ccc(O)c(-c2nc3ccccc3s2)c1. The van der Waals surface area contributed by atoms with Crippen molar-refractivity contribution in [2.45, 2.75) is 45.4 Å². The summed E-state index contributed by atoms with van der Waals surface area (Å²) in [6, 6.07) is 13.0. The van der Waals surface area contributed by atoms with Gasteiger partial charge < -0.3 is 10.4 Å². The lowest BCUT2D eigenvalue weighted by atomic mass is 10.1. The third kappa shape index (κ3) is 4.61. The molecule has 3 aromatic rings. The summed E-state index contributed by atoms with van der Waals surface area (Å²) in [4.78, 5) is 16.7. The first-order chi connectivity index (χ1) is 12.7. The molecule has 136 valence electrons. The van der Waals surface area contributed by atoms with Crippen LogP contribution >= 0.6 is 11.3 Å². The first-order valence-corrected chi connectivity index (χ1v) is 9.98. The second kappa shape index (κ2) is 8.81. The van der Waals surface area contributed by atoms with Gasteiger partial charge in [0.2, 0.25) is 5.91 Å². The fraction of sp³-hybridized carbons (Fsp3) is 0.333. The van der Waals surface area contributed by atoms with Gasteiger partial charge in [0, 0.05) is 12.1 Å². The largest absolute Gasteiger partial charge is 0.507 e. The Morgan fingerprint density at radius 1 is 1.12 bits per heavy atom. The number of amides is 1. The number of hydrogen-bond acceptors (Lipinski definition) is 4. The summed E-state index contributed by atoms with van der Waals surface area (Å²) < 4.78 is 1.07. The smallest absolute Gasteiger partial charge is 0.224 e. The van der Waals surface area contributed by atoms with Crippen LogP contribution in [-0.4, -0.2) is 16.0 Å². The number of anilines is 1. The van der Waals surface area contributed by atoms with Crippen molar-refractivity contribution in [3.63, 3.8) is 0 Å². The maximum atomic E-state index is 12.1. The number of carbonyl (C=O) groups excluding carboxylic acids is 1. The average molecular weight is 369 g/mol. The van der Waals surface area contributed by atoms with Gasteiger partial charge in [-0.05, 0) is 36.8 Å². The molecule has 0 aliphatic heterocycles. The molecule has 0 atom stereocenters. The van der Waals surface area contributed by atoms with Crippen LogP contribution in [0.4, 0.5) is 5.69 Å². The van der Waals surface area contributed by atoms with Crippen molar-refractivity contribution in [2.75, 3.05) is 5.32 Å². The van der Waals surface area contributed by atoms with Crippen molar-refractivity contribution in [2.24, 2.45) is 0 Å². The highest BCUT2D eigenvalue weighted by molar-refractivity contribution is 7.21. The van der Waals surface area contributed by atoms with Gasteiger partial charge in [0.25, 0.3) is 0 Å². The van der Waals surface area contributed by atoms with Crippen LogP contribution in [0.1, 0.15) is 45.4 Å². The van der Waals surface area contributed by atoms with Crippen LogP contribution in [0.3, 0.4) is 0 Å². The summed E-state index contributed by atoms with van der Waals surface area (Å²) >= 11 is 1.53. The Balaban J connectivity index is 1.68. The number of para-hydroxylation sites is 1. The second-order valence-corrected chi connectivity index (χ2v) is 7.46. The number of aromatic nitrogens is 1. The Morgan fingerprint density at radius 2 is 1.92 bits per heavy atom. The summed E-state index contributed by atoms with van der Waals surface area (Å²) in [6.45, 7) is 2.18. The molecule has 1 amide bonds. The first kappa shape index (κ1) is 18.4. The van der Waals surface area contributed by atoms with Gasteiger partial charge in [0.15, 0.2) is 0 Å². The Labute approximate surface area is 157 Å². The van der Waals surface area contributed by atoms with Crippen molar-refractivity contribution in [3.05, 3.63) is 42.5 Å². The summed E-state index contributed by atoms with van der Waals surface area (Å²) in [5, 5.41) is 13.9. The Hall–Kier alpha value is -2.40. The zero-order chi connectivity index (χ0) is 18.4. The van der Waals surface area contributed by atoms with Crippen LogP contribution in [-0.2, 0) is 4.79 Å². The number of phenols is 1. The lowest BCUT2D eigenvalue weighted by Gasteiger charge is -2.08. The highest BCUT2D eigenvalue weighted by Crippen LogP contribution is 2.36. The summed E-state index contributed by atoms with van der Waals surface area (Å²) in [6.07, 6.45) is 6.15. The predicted molar refractivity (Wildman–Crippen MR) is 109 cm³/mol. The Morgan fingerprint density at radius 3 is 2.73 bits per heavy atom. The van der Waals surface area contributed by atoms with Crippen molar-refractivity contribution in [1.29, 1.82) is 0 Å². The van der Waals surface area contributed by atoms with E-state index in [4.69, 9.17) is 0 Å². The molecule has 0 fully saturated rings. The molecule has 1 aromatic heterocycles. The summed E-state index contributed by atoms with van der Waals surface area (Å²) in [5.74, 6) is 0.184. The van der Waals surface area contributed by atoms with Gasteiger partial charge in [-0.1, -0.05) is 44.7 Å². The minimum absolute atomic E-state index is 0.0161. The van der Waals surface area contributed by atoms with E-state index >= 15 is 0 Å². The molecule has 1 heterocycles. The van der Waals surface area contributed by atoms with Crippen LogP contribution in [0.2, 0.25) is 0 Å². The number of nitrogens with one attached hydrogen (secondary N) is 1. The van der Waals surface area contributed by atoms with Crippen LogP contribution in [0.25, 0.3) is 20.8 Å². The molecule has 2 aromatic carbocycles. The highest BCUT2D eigenvalue weighted by atomic mass is 32.1. The van der Waals surface area contributed by atoms with Gasteiger partial charge in [-0.2, -0.15) is 0 Å². The number of benzene rings is 2. The maximum Gasteiger partial charge on any atom is 0.224 e. The van der Waals surface area contributed by atoms with E-state index < -0.39 is 0 Å². The van der Waals surface area contributed by atoms with E-state index in [1.165, 1.54) is 30.6 Å². The lowest BCUT2D eigenvalue weighted by molar-refractivity contribution is -0.116. The number of unbranched alkanes of at least 4 members (excludes halogenated alkanes) is 4. The van der Waals surface area contributed by atoms with E-state index in [9.17, 15) is 9.90 Å². The van der Waals surface area contributed by atoms with Gasteiger partial charge >= 0.3 is 0 Å². The number of carbonyl (C=O) groups is 1. The second-order valence-electron chi connectivity index (χ2n) is 6.43. The number of nitrogens with zero attached hydrogens (tertiary/aromatic N) is 1. The fourth-order valence-corrected chi connectivity index (χ4v) is 3.88. The predicted octanol–water partition coefficient (Wildman–Crippen LogP) is 5.97. The third-order valence-electron chi connectivity index (χ3n) is 4.31. The molecule has 0 unspecified atom stereocenters. The lowest BCUT2D eigenvalue weighted by Crippen LogP contribution is -2.11. The first-order valence-electron chi connectivity index (χ1n) is 9.16.